The molecular weight excluding hydrogens is 474 g/mol. The molecule has 0 saturated heterocycles. The predicted octanol–water partition coefficient (Wildman–Crippen LogP) is 5.02. The van der Waals surface area contributed by atoms with Gasteiger partial charge in [-0.1, -0.05) is 48.5 Å². The number of anilines is 2. The van der Waals surface area contributed by atoms with Crippen molar-refractivity contribution in [2.75, 3.05) is 17.2 Å². The van der Waals surface area contributed by atoms with Crippen LogP contribution in [0.3, 0.4) is 0 Å². The number of hydrogen-bond acceptors (Lipinski definition) is 5. The summed E-state index contributed by atoms with van der Waals surface area (Å²) in [5, 5.41) is 8.36. The van der Waals surface area contributed by atoms with Crippen LogP contribution in [-0.2, 0) is 20.7 Å². The van der Waals surface area contributed by atoms with Crippen LogP contribution >= 0.6 is 12.2 Å². The molecule has 2 amide bonds. The minimum Gasteiger partial charge on any atom is -0.466 e. The first-order valence-corrected chi connectivity index (χ1v) is 12.1. The van der Waals surface area contributed by atoms with Crippen LogP contribution in [0.1, 0.15) is 40.7 Å². The van der Waals surface area contributed by atoms with Crippen LogP contribution in [0.5, 0.6) is 0 Å². The first-order valence-electron chi connectivity index (χ1n) is 11.7. The fourth-order valence-corrected chi connectivity index (χ4v) is 3.64. The van der Waals surface area contributed by atoms with Crippen molar-refractivity contribution in [1.82, 2.24) is 5.32 Å². The summed E-state index contributed by atoms with van der Waals surface area (Å²) in [7, 11) is 0. The molecule has 0 aliphatic heterocycles. The lowest BCUT2D eigenvalue weighted by molar-refractivity contribution is -0.145. The van der Waals surface area contributed by atoms with Gasteiger partial charge in [0.2, 0.25) is 5.91 Å². The van der Waals surface area contributed by atoms with Gasteiger partial charge in [-0.3, -0.25) is 14.4 Å². The summed E-state index contributed by atoms with van der Waals surface area (Å²) in [6.07, 6.45) is 1.47. The predicted molar refractivity (Wildman–Crippen MR) is 145 cm³/mol. The van der Waals surface area contributed by atoms with Crippen LogP contribution in [0.25, 0.3) is 0 Å². The Kier molecular flexibility index (Phi) is 10.1. The van der Waals surface area contributed by atoms with Gasteiger partial charge in [0.05, 0.1) is 13.0 Å². The molecule has 0 saturated carbocycles. The molecule has 0 aliphatic rings. The minimum absolute atomic E-state index is 0.0333. The fraction of sp³-hybridized carbons (Fsp3) is 0.214. The zero-order chi connectivity index (χ0) is 25.8. The van der Waals surface area contributed by atoms with Gasteiger partial charge >= 0.3 is 5.97 Å². The van der Waals surface area contributed by atoms with Gasteiger partial charge in [0, 0.05) is 23.4 Å². The summed E-state index contributed by atoms with van der Waals surface area (Å²) in [5.41, 5.74) is 3.92. The maximum Gasteiger partial charge on any atom is 0.306 e. The SMILES string of the molecule is Cc1cccc(NC(=O)c2cccc(NC(=S)NC(=O)CCC(=O)OCCCc3ccccc3)c2)c1. The van der Waals surface area contributed by atoms with Gasteiger partial charge in [-0.05, 0) is 73.4 Å². The van der Waals surface area contributed by atoms with Gasteiger partial charge in [0.15, 0.2) is 5.11 Å². The molecule has 8 heteroatoms. The van der Waals surface area contributed by atoms with Crippen LogP contribution in [0.2, 0.25) is 0 Å². The van der Waals surface area contributed by atoms with Crippen LogP contribution in [0.15, 0.2) is 78.9 Å². The number of benzene rings is 3. The number of rotatable bonds is 10. The number of ether oxygens (including phenoxy) is 1. The Bertz CT molecular complexity index is 1210. The Labute approximate surface area is 216 Å². The largest absolute Gasteiger partial charge is 0.466 e. The van der Waals surface area contributed by atoms with Crippen molar-refractivity contribution in [3.63, 3.8) is 0 Å². The molecule has 36 heavy (non-hydrogen) atoms. The molecule has 0 fully saturated rings. The van der Waals surface area contributed by atoms with Crippen LogP contribution in [0.4, 0.5) is 11.4 Å². The number of carbonyl (C=O) groups is 3. The van der Waals surface area contributed by atoms with E-state index < -0.39 is 11.9 Å². The first kappa shape index (κ1) is 26.6. The lowest BCUT2D eigenvalue weighted by atomic mass is 10.1. The summed E-state index contributed by atoms with van der Waals surface area (Å²) >= 11 is 5.19. The molecule has 3 aromatic carbocycles. The molecule has 0 unspecified atom stereocenters. The smallest absolute Gasteiger partial charge is 0.306 e. The summed E-state index contributed by atoms with van der Waals surface area (Å²) < 4.78 is 5.19. The molecule has 3 aromatic rings. The van der Waals surface area contributed by atoms with Gasteiger partial charge in [-0.2, -0.15) is 0 Å². The van der Waals surface area contributed by atoms with Gasteiger partial charge in [-0.25, -0.2) is 0 Å². The van der Waals surface area contributed by atoms with Crippen LogP contribution < -0.4 is 16.0 Å². The third-order valence-corrected chi connectivity index (χ3v) is 5.39. The Hall–Kier alpha value is -4.04. The minimum atomic E-state index is -0.426. The molecule has 0 bridgehead atoms. The standard InChI is InChI=1S/C28H29N3O4S/c1-20-8-5-13-23(18-20)29-27(34)22-12-6-14-24(19-22)30-28(36)31-25(32)15-16-26(33)35-17-7-11-21-9-3-2-4-10-21/h2-6,8-10,12-14,18-19H,7,11,15-17H2,1H3,(H,29,34)(H2,30,31,32,36). The summed E-state index contributed by atoms with van der Waals surface area (Å²) in [6.45, 7) is 2.26. The second kappa shape index (κ2) is 13.7. The van der Waals surface area contributed by atoms with E-state index in [-0.39, 0.29) is 23.9 Å². The molecular formula is C28H29N3O4S. The molecule has 7 nitrogen and oxygen atoms in total. The Morgan fingerprint density at radius 3 is 2.31 bits per heavy atom. The van der Waals surface area contributed by atoms with Crippen molar-refractivity contribution in [3.05, 3.63) is 95.6 Å². The van der Waals surface area contributed by atoms with Crippen molar-refractivity contribution in [2.24, 2.45) is 0 Å². The molecule has 3 rings (SSSR count). The summed E-state index contributed by atoms with van der Waals surface area (Å²) in [4.78, 5) is 36.6. The molecule has 0 atom stereocenters. The van der Waals surface area contributed by atoms with Gasteiger partial charge in [-0.15, -0.1) is 0 Å². The van der Waals surface area contributed by atoms with Crippen molar-refractivity contribution in [3.8, 4) is 0 Å². The first-order chi connectivity index (χ1) is 17.4. The molecule has 0 heterocycles. The Morgan fingerprint density at radius 2 is 1.56 bits per heavy atom. The van der Waals surface area contributed by atoms with E-state index in [1.165, 1.54) is 5.56 Å². The molecule has 3 N–H and O–H groups in total. The number of carbonyl (C=O) groups excluding carboxylic acids is 3. The van der Waals surface area contributed by atoms with Crippen molar-refractivity contribution in [2.45, 2.75) is 32.6 Å². The maximum atomic E-state index is 12.6. The molecule has 186 valence electrons. The molecule has 0 spiro atoms. The summed E-state index contributed by atoms with van der Waals surface area (Å²) in [5.74, 6) is -1.09. The van der Waals surface area contributed by atoms with Crippen molar-refractivity contribution < 1.29 is 19.1 Å². The highest BCUT2D eigenvalue weighted by Gasteiger charge is 2.11. The van der Waals surface area contributed by atoms with Gasteiger partial charge in [0.1, 0.15) is 0 Å². The third-order valence-electron chi connectivity index (χ3n) is 5.18. The van der Waals surface area contributed by atoms with Crippen LogP contribution in [-0.4, -0.2) is 29.5 Å². The number of aryl methyl sites for hydroxylation is 2. The molecule has 0 aromatic heterocycles. The van der Waals surface area contributed by atoms with E-state index in [1.54, 1.807) is 24.3 Å². The van der Waals surface area contributed by atoms with E-state index in [1.807, 2.05) is 61.5 Å². The van der Waals surface area contributed by atoms with Gasteiger partial charge in [0.25, 0.3) is 5.91 Å². The highest BCUT2D eigenvalue weighted by molar-refractivity contribution is 7.80. The number of amides is 2. The van der Waals surface area contributed by atoms with E-state index in [9.17, 15) is 14.4 Å². The monoisotopic (exact) mass is 503 g/mol. The van der Waals surface area contributed by atoms with Gasteiger partial charge < -0.3 is 20.7 Å². The average molecular weight is 504 g/mol. The highest BCUT2D eigenvalue weighted by atomic mass is 32.1. The second-order valence-corrected chi connectivity index (χ2v) is 8.62. The van der Waals surface area contributed by atoms with Crippen molar-refractivity contribution in [1.29, 1.82) is 0 Å². The highest BCUT2D eigenvalue weighted by Crippen LogP contribution is 2.15. The van der Waals surface area contributed by atoms with E-state index in [4.69, 9.17) is 17.0 Å². The average Bonchev–Trinajstić information content (AvgIpc) is 2.86. The lowest BCUT2D eigenvalue weighted by Gasteiger charge is -2.11. The Morgan fingerprint density at radius 1 is 0.833 bits per heavy atom. The topological polar surface area (TPSA) is 96.5 Å². The zero-order valence-electron chi connectivity index (χ0n) is 20.1. The molecule has 0 radical (unpaired) electrons. The number of nitrogens with one attached hydrogen (secondary N) is 3. The number of thiocarbonyl (C=S) groups is 1. The summed E-state index contributed by atoms with van der Waals surface area (Å²) in [6, 6.07) is 24.2. The zero-order valence-corrected chi connectivity index (χ0v) is 20.9. The normalized spacial score (nSPS) is 10.2. The van der Waals surface area contributed by atoms with E-state index in [2.05, 4.69) is 16.0 Å². The fourth-order valence-electron chi connectivity index (χ4n) is 3.41. The van der Waals surface area contributed by atoms with Crippen molar-refractivity contribution >= 4 is 46.5 Å². The number of hydrogen-bond donors (Lipinski definition) is 3. The third kappa shape index (κ3) is 9.31. The number of esters is 1. The lowest BCUT2D eigenvalue weighted by Crippen LogP contribution is -2.34. The second-order valence-electron chi connectivity index (χ2n) is 8.22. The van der Waals surface area contributed by atoms with Crippen LogP contribution in [0, 0.1) is 6.92 Å². The van der Waals surface area contributed by atoms with E-state index in [0.29, 0.717) is 23.5 Å². The van der Waals surface area contributed by atoms with E-state index >= 15 is 0 Å². The molecule has 0 aliphatic carbocycles. The maximum absolute atomic E-state index is 12.6. The quantitative estimate of drug-likeness (QED) is 0.204. The Balaban J connectivity index is 1.37. The van der Waals surface area contributed by atoms with E-state index in [0.717, 1.165) is 18.4 Å².